The van der Waals surface area contributed by atoms with E-state index < -0.39 is 22.4 Å². The van der Waals surface area contributed by atoms with Crippen molar-refractivity contribution in [3.8, 4) is 5.75 Å². The molecule has 0 N–H and O–H groups in total. The topological polar surface area (TPSA) is 48.1 Å². The highest BCUT2D eigenvalue weighted by Gasteiger charge is 2.75. The summed E-state index contributed by atoms with van der Waals surface area (Å²) in [6.07, 6.45) is 0. The van der Waals surface area contributed by atoms with Crippen molar-refractivity contribution in [2.24, 2.45) is 0 Å². The first-order chi connectivity index (χ1) is 8.40. The van der Waals surface area contributed by atoms with Gasteiger partial charge in [-0.15, -0.1) is 0 Å². The van der Waals surface area contributed by atoms with Crippen molar-refractivity contribution in [3.63, 3.8) is 0 Å². The summed E-state index contributed by atoms with van der Waals surface area (Å²) in [6, 6.07) is 4.32. The zero-order chi connectivity index (χ0) is 13.6. The molecule has 1 aliphatic heterocycles. The van der Waals surface area contributed by atoms with E-state index in [0.717, 1.165) is 0 Å². The van der Waals surface area contributed by atoms with Gasteiger partial charge in [0.15, 0.2) is 5.60 Å². The van der Waals surface area contributed by atoms with Crippen LogP contribution in [0, 0.1) is 5.82 Å². The SMILES string of the molecule is COC(=O)C1(Cl)OC1(C)c1c(F)cccc1OC. The van der Waals surface area contributed by atoms with Gasteiger partial charge in [0.25, 0.3) is 5.06 Å². The molecular weight excluding hydrogens is 263 g/mol. The number of esters is 1. The minimum absolute atomic E-state index is 0.105. The van der Waals surface area contributed by atoms with Crippen LogP contribution in [-0.4, -0.2) is 25.2 Å². The molecule has 0 spiro atoms. The van der Waals surface area contributed by atoms with Gasteiger partial charge in [0.2, 0.25) is 0 Å². The van der Waals surface area contributed by atoms with Gasteiger partial charge in [-0.1, -0.05) is 17.7 Å². The molecule has 0 aromatic heterocycles. The molecule has 1 aliphatic rings. The molecule has 1 heterocycles. The van der Waals surface area contributed by atoms with Crippen LogP contribution in [-0.2, 0) is 19.9 Å². The monoisotopic (exact) mass is 274 g/mol. The fourth-order valence-electron chi connectivity index (χ4n) is 1.97. The maximum absolute atomic E-state index is 13.9. The third-order valence-electron chi connectivity index (χ3n) is 3.04. The van der Waals surface area contributed by atoms with Crippen molar-refractivity contribution < 1.29 is 23.4 Å². The minimum Gasteiger partial charge on any atom is -0.496 e. The van der Waals surface area contributed by atoms with Crippen LogP contribution in [0.2, 0.25) is 0 Å². The van der Waals surface area contributed by atoms with Crippen molar-refractivity contribution in [3.05, 3.63) is 29.6 Å². The van der Waals surface area contributed by atoms with Gasteiger partial charge >= 0.3 is 5.97 Å². The molecule has 2 rings (SSSR count). The van der Waals surface area contributed by atoms with E-state index in [-0.39, 0.29) is 11.3 Å². The molecule has 98 valence electrons. The van der Waals surface area contributed by atoms with E-state index in [4.69, 9.17) is 21.1 Å². The minimum atomic E-state index is -1.71. The third-order valence-corrected chi connectivity index (χ3v) is 3.63. The molecule has 6 heteroatoms. The second kappa shape index (κ2) is 4.10. The number of halogens is 2. The van der Waals surface area contributed by atoms with E-state index in [1.54, 1.807) is 6.07 Å². The average Bonchev–Trinajstić information content (AvgIpc) is 2.92. The lowest BCUT2D eigenvalue weighted by molar-refractivity contribution is -0.143. The van der Waals surface area contributed by atoms with Crippen LogP contribution >= 0.6 is 11.6 Å². The Balaban J connectivity index is 2.49. The van der Waals surface area contributed by atoms with E-state index in [0.29, 0.717) is 0 Å². The molecule has 4 nitrogen and oxygen atoms in total. The maximum atomic E-state index is 13.9. The number of hydrogen-bond donors (Lipinski definition) is 0. The zero-order valence-corrected chi connectivity index (χ0v) is 10.9. The molecule has 2 atom stereocenters. The number of rotatable bonds is 3. The summed E-state index contributed by atoms with van der Waals surface area (Å²) in [5, 5.41) is -1.71. The Labute approximate surface area is 109 Å². The van der Waals surface area contributed by atoms with E-state index in [1.807, 2.05) is 0 Å². The van der Waals surface area contributed by atoms with Crippen LogP contribution in [0.25, 0.3) is 0 Å². The highest BCUT2D eigenvalue weighted by Crippen LogP contribution is 2.61. The third kappa shape index (κ3) is 1.58. The molecular formula is C12H12ClFO4. The Morgan fingerprint density at radius 3 is 2.67 bits per heavy atom. The number of epoxide rings is 1. The Bertz CT molecular complexity index is 507. The van der Waals surface area contributed by atoms with Gasteiger partial charge in [0.05, 0.1) is 19.8 Å². The fourth-order valence-corrected chi connectivity index (χ4v) is 2.30. The summed E-state index contributed by atoms with van der Waals surface area (Å²) in [7, 11) is 2.59. The smallest absolute Gasteiger partial charge is 0.357 e. The predicted molar refractivity (Wildman–Crippen MR) is 62.0 cm³/mol. The van der Waals surface area contributed by atoms with Gasteiger partial charge in [0.1, 0.15) is 11.6 Å². The number of carbonyl (C=O) groups excluding carboxylic acids is 1. The maximum Gasteiger partial charge on any atom is 0.357 e. The molecule has 0 radical (unpaired) electrons. The van der Waals surface area contributed by atoms with E-state index in [1.165, 1.54) is 33.3 Å². The first-order valence-corrected chi connectivity index (χ1v) is 5.59. The molecule has 0 saturated carbocycles. The van der Waals surface area contributed by atoms with Crippen LogP contribution in [0.4, 0.5) is 4.39 Å². The van der Waals surface area contributed by atoms with Crippen LogP contribution < -0.4 is 4.74 Å². The molecule has 0 aliphatic carbocycles. The highest BCUT2D eigenvalue weighted by molar-refractivity contribution is 6.35. The zero-order valence-electron chi connectivity index (χ0n) is 10.1. The largest absolute Gasteiger partial charge is 0.496 e. The normalized spacial score (nSPS) is 29.8. The molecule has 2 unspecified atom stereocenters. The quantitative estimate of drug-likeness (QED) is 0.482. The highest BCUT2D eigenvalue weighted by atomic mass is 35.5. The fraction of sp³-hybridized carbons (Fsp3) is 0.417. The second-order valence-corrected chi connectivity index (χ2v) is 4.57. The predicted octanol–water partition coefficient (Wildman–Crippen LogP) is 2.19. The lowest BCUT2D eigenvalue weighted by Gasteiger charge is -2.14. The van der Waals surface area contributed by atoms with E-state index in [9.17, 15) is 9.18 Å². The molecule has 0 bridgehead atoms. The summed E-state index contributed by atoms with van der Waals surface area (Å²) >= 11 is 6.02. The molecule has 0 amide bonds. The van der Waals surface area contributed by atoms with Gasteiger partial charge in [-0.25, -0.2) is 9.18 Å². The Kier molecular flexibility index (Phi) is 2.99. The van der Waals surface area contributed by atoms with Gasteiger partial charge in [-0.05, 0) is 19.1 Å². The van der Waals surface area contributed by atoms with Crippen molar-refractivity contribution in [1.29, 1.82) is 0 Å². The Morgan fingerprint density at radius 1 is 1.44 bits per heavy atom. The number of ether oxygens (including phenoxy) is 3. The lowest BCUT2D eigenvalue weighted by Crippen LogP contribution is -2.27. The first-order valence-electron chi connectivity index (χ1n) is 5.21. The van der Waals surface area contributed by atoms with Gasteiger partial charge in [-0.3, -0.25) is 0 Å². The van der Waals surface area contributed by atoms with Gasteiger partial charge in [-0.2, -0.15) is 0 Å². The summed E-state index contributed by atoms with van der Waals surface area (Å²) in [6.45, 7) is 1.51. The van der Waals surface area contributed by atoms with E-state index in [2.05, 4.69) is 4.74 Å². The molecule has 18 heavy (non-hydrogen) atoms. The van der Waals surface area contributed by atoms with Crippen molar-refractivity contribution in [2.45, 2.75) is 17.6 Å². The van der Waals surface area contributed by atoms with Crippen LogP contribution in [0.15, 0.2) is 18.2 Å². The van der Waals surface area contributed by atoms with Gasteiger partial charge < -0.3 is 14.2 Å². The molecule has 1 fully saturated rings. The number of alkyl halides is 1. The van der Waals surface area contributed by atoms with E-state index >= 15 is 0 Å². The van der Waals surface area contributed by atoms with Crippen LogP contribution in [0.1, 0.15) is 12.5 Å². The standard InChI is InChI=1S/C12H12ClFO4/c1-11(12(13,18-11)10(15)17-3)9-7(14)5-4-6-8(9)16-2/h4-6H,1-3H3. The van der Waals surface area contributed by atoms with Crippen molar-refractivity contribution >= 4 is 17.6 Å². The van der Waals surface area contributed by atoms with Crippen molar-refractivity contribution in [2.75, 3.05) is 14.2 Å². The Hall–Kier alpha value is -1.33. The molecule has 1 aromatic carbocycles. The van der Waals surface area contributed by atoms with Gasteiger partial charge in [0, 0.05) is 0 Å². The van der Waals surface area contributed by atoms with Crippen molar-refractivity contribution in [1.82, 2.24) is 0 Å². The lowest BCUT2D eigenvalue weighted by atomic mass is 9.95. The average molecular weight is 275 g/mol. The van der Waals surface area contributed by atoms with Crippen LogP contribution in [0.3, 0.4) is 0 Å². The Morgan fingerprint density at radius 2 is 2.11 bits per heavy atom. The molecule has 1 aromatic rings. The second-order valence-electron chi connectivity index (χ2n) is 4.04. The first kappa shape index (κ1) is 13.1. The van der Waals surface area contributed by atoms with Crippen LogP contribution in [0.5, 0.6) is 5.75 Å². The summed E-state index contributed by atoms with van der Waals surface area (Å²) in [4.78, 5) is 11.6. The number of methoxy groups -OCH3 is 2. The summed E-state index contributed by atoms with van der Waals surface area (Å²) in [5.74, 6) is -1.05. The number of hydrogen-bond acceptors (Lipinski definition) is 4. The summed E-state index contributed by atoms with van der Waals surface area (Å²) in [5.41, 5.74) is -1.20. The number of carbonyl (C=O) groups is 1. The molecule has 1 saturated heterocycles. The summed E-state index contributed by atoms with van der Waals surface area (Å²) < 4.78 is 28.8. The number of benzene rings is 1.